The molecule has 0 unspecified atom stereocenters. The molecule has 0 bridgehead atoms. The molecule has 7 nitrogen and oxygen atoms in total. The molecule has 27 heavy (non-hydrogen) atoms. The SMILES string of the molecule is CC(C)N(Cc1cnn(C)c1)Cc1nnnn1-c1ccc(C(F)(F)F)cc1. The number of aromatic nitrogens is 6. The molecule has 0 N–H and O–H groups in total. The van der Waals surface area contributed by atoms with Crippen LogP contribution in [-0.2, 0) is 26.3 Å². The molecule has 0 aliphatic rings. The van der Waals surface area contributed by atoms with E-state index in [-0.39, 0.29) is 6.04 Å². The van der Waals surface area contributed by atoms with Crippen molar-refractivity contribution in [2.45, 2.75) is 39.2 Å². The highest BCUT2D eigenvalue weighted by atomic mass is 19.4. The monoisotopic (exact) mass is 379 g/mol. The number of hydrogen-bond donors (Lipinski definition) is 0. The number of halogens is 3. The van der Waals surface area contributed by atoms with Gasteiger partial charge in [0.05, 0.1) is 24.0 Å². The van der Waals surface area contributed by atoms with Crippen LogP contribution in [0.4, 0.5) is 13.2 Å². The van der Waals surface area contributed by atoms with Gasteiger partial charge in [-0.2, -0.15) is 23.0 Å². The molecule has 10 heteroatoms. The Hall–Kier alpha value is -2.75. The van der Waals surface area contributed by atoms with E-state index in [2.05, 4.69) is 39.4 Å². The topological polar surface area (TPSA) is 64.7 Å². The molecule has 3 aromatic rings. The van der Waals surface area contributed by atoms with Gasteiger partial charge in [-0.15, -0.1) is 5.10 Å². The maximum Gasteiger partial charge on any atom is 0.416 e. The van der Waals surface area contributed by atoms with Crippen molar-refractivity contribution in [2.24, 2.45) is 7.05 Å². The van der Waals surface area contributed by atoms with Crippen molar-refractivity contribution in [1.82, 2.24) is 34.9 Å². The Bertz CT molecular complexity index is 881. The maximum atomic E-state index is 12.8. The third kappa shape index (κ3) is 4.51. The van der Waals surface area contributed by atoms with Crippen LogP contribution >= 0.6 is 0 Å². The van der Waals surface area contributed by atoms with E-state index in [1.165, 1.54) is 16.8 Å². The molecule has 0 radical (unpaired) electrons. The Labute approximate surface area is 154 Å². The minimum atomic E-state index is -4.37. The second-order valence-electron chi connectivity index (χ2n) is 6.57. The second kappa shape index (κ2) is 7.47. The van der Waals surface area contributed by atoms with Crippen molar-refractivity contribution in [2.75, 3.05) is 0 Å². The largest absolute Gasteiger partial charge is 0.416 e. The highest BCUT2D eigenvalue weighted by molar-refractivity contribution is 5.35. The van der Waals surface area contributed by atoms with Gasteiger partial charge in [0.1, 0.15) is 0 Å². The van der Waals surface area contributed by atoms with E-state index in [0.717, 1.165) is 17.7 Å². The normalized spacial score (nSPS) is 12.3. The van der Waals surface area contributed by atoms with Gasteiger partial charge in [0.2, 0.25) is 0 Å². The first-order valence-corrected chi connectivity index (χ1v) is 8.40. The molecule has 2 heterocycles. The lowest BCUT2D eigenvalue weighted by Gasteiger charge is -2.25. The van der Waals surface area contributed by atoms with Gasteiger partial charge in [0.25, 0.3) is 0 Å². The third-order valence-corrected chi connectivity index (χ3v) is 4.19. The van der Waals surface area contributed by atoms with Crippen molar-refractivity contribution in [3.05, 3.63) is 53.6 Å². The minimum absolute atomic E-state index is 0.211. The summed E-state index contributed by atoms with van der Waals surface area (Å²) >= 11 is 0. The van der Waals surface area contributed by atoms with E-state index in [9.17, 15) is 13.2 Å². The van der Waals surface area contributed by atoms with Crippen molar-refractivity contribution in [3.8, 4) is 5.69 Å². The summed E-state index contributed by atoms with van der Waals surface area (Å²) in [5.41, 5.74) is 0.828. The molecule has 0 amide bonds. The maximum absolute atomic E-state index is 12.8. The standard InChI is InChI=1S/C17H20F3N7/c1-12(2)26(10-13-8-21-25(3)9-13)11-16-22-23-24-27(16)15-6-4-14(5-7-15)17(18,19)20/h4-9,12H,10-11H2,1-3H3. The van der Waals surface area contributed by atoms with Gasteiger partial charge in [-0.1, -0.05) is 0 Å². The fourth-order valence-corrected chi connectivity index (χ4v) is 2.69. The fourth-order valence-electron chi connectivity index (χ4n) is 2.69. The smallest absolute Gasteiger partial charge is 0.289 e. The Balaban J connectivity index is 1.80. The van der Waals surface area contributed by atoms with Gasteiger partial charge >= 0.3 is 6.18 Å². The molecule has 0 fully saturated rings. The van der Waals surface area contributed by atoms with Crippen LogP contribution in [0.3, 0.4) is 0 Å². The summed E-state index contributed by atoms with van der Waals surface area (Å²) in [5.74, 6) is 0.548. The predicted molar refractivity (Wildman–Crippen MR) is 91.7 cm³/mol. The molecule has 0 saturated carbocycles. The van der Waals surface area contributed by atoms with Gasteiger partial charge in [-0.3, -0.25) is 9.58 Å². The first-order valence-electron chi connectivity index (χ1n) is 8.40. The van der Waals surface area contributed by atoms with Crippen LogP contribution in [0.15, 0.2) is 36.7 Å². The average molecular weight is 379 g/mol. The molecule has 0 atom stereocenters. The molecule has 144 valence electrons. The zero-order chi connectivity index (χ0) is 19.6. The Kier molecular flexibility index (Phi) is 5.26. The lowest BCUT2D eigenvalue weighted by atomic mass is 10.2. The number of tetrazole rings is 1. The Morgan fingerprint density at radius 1 is 1.11 bits per heavy atom. The van der Waals surface area contributed by atoms with E-state index in [1.54, 1.807) is 10.9 Å². The van der Waals surface area contributed by atoms with E-state index >= 15 is 0 Å². The summed E-state index contributed by atoms with van der Waals surface area (Å²) in [6.45, 7) is 5.22. The summed E-state index contributed by atoms with van der Waals surface area (Å²) in [5, 5.41) is 15.8. The summed E-state index contributed by atoms with van der Waals surface area (Å²) in [6, 6.07) is 4.99. The number of rotatable bonds is 6. The van der Waals surface area contributed by atoms with E-state index in [4.69, 9.17) is 0 Å². The molecular weight excluding hydrogens is 359 g/mol. The first-order chi connectivity index (χ1) is 12.7. The minimum Gasteiger partial charge on any atom is -0.289 e. The molecule has 3 rings (SSSR count). The van der Waals surface area contributed by atoms with E-state index < -0.39 is 11.7 Å². The Morgan fingerprint density at radius 2 is 1.81 bits per heavy atom. The molecule has 0 aliphatic heterocycles. The van der Waals surface area contributed by atoms with Crippen LogP contribution in [-0.4, -0.2) is 40.9 Å². The zero-order valence-electron chi connectivity index (χ0n) is 15.2. The highest BCUT2D eigenvalue weighted by Crippen LogP contribution is 2.29. The second-order valence-corrected chi connectivity index (χ2v) is 6.57. The van der Waals surface area contributed by atoms with Crippen molar-refractivity contribution in [3.63, 3.8) is 0 Å². The number of hydrogen-bond acceptors (Lipinski definition) is 5. The quantitative estimate of drug-likeness (QED) is 0.659. The van der Waals surface area contributed by atoms with Gasteiger partial charge in [0, 0.05) is 31.4 Å². The third-order valence-electron chi connectivity index (χ3n) is 4.19. The number of alkyl halides is 3. The van der Waals surface area contributed by atoms with Crippen LogP contribution in [0.2, 0.25) is 0 Å². The van der Waals surface area contributed by atoms with Gasteiger partial charge in [0.15, 0.2) is 5.82 Å². The van der Waals surface area contributed by atoms with Crippen LogP contribution in [0.1, 0.15) is 30.8 Å². The average Bonchev–Trinajstić information content (AvgIpc) is 3.22. The van der Waals surface area contributed by atoms with E-state index in [1.807, 2.05) is 13.2 Å². The summed E-state index contributed by atoms with van der Waals surface area (Å²) in [6.07, 6.45) is -0.636. The molecular formula is C17H20F3N7. The first kappa shape index (κ1) is 19.0. The highest BCUT2D eigenvalue weighted by Gasteiger charge is 2.30. The van der Waals surface area contributed by atoms with Crippen LogP contribution in [0.25, 0.3) is 5.69 Å². The Morgan fingerprint density at radius 3 is 2.37 bits per heavy atom. The number of nitrogens with zero attached hydrogens (tertiary/aromatic N) is 7. The summed E-state index contributed by atoms with van der Waals surface area (Å²) in [7, 11) is 1.86. The predicted octanol–water partition coefficient (Wildman–Crippen LogP) is 2.83. The van der Waals surface area contributed by atoms with E-state index in [0.29, 0.717) is 24.6 Å². The zero-order valence-corrected chi connectivity index (χ0v) is 15.2. The van der Waals surface area contributed by atoms with Crippen LogP contribution < -0.4 is 0 Å². The lowest BCUT2D eigenvalue weighted by Crippen LogP contribution is -2.31. The number of benzene rings is 1. The van der Waals surface area contributed by atoms with Crippen molar-refractivity contribution in [1.29, 1.82) is 0 Å². The van der Waals surface area contributed by atoms with Crippen molar-refractivity contribution >= 4 is 0 Å². The van der Waals surface area contributed by atoms with Gasteiger partial charge in [-0.25, -0.2) is 0 Å². The summed E-state index contributed by atoms with van der Waals surface area (Å²) in [4.78, 5) is 2.16. The lowest BCUT2D eigenvalue weighted by molar-refractivity contribution is -0.137. The molecule has 0 spiro atoms. The molecule has 0 aliphatic carbocycles. The fraction of sp³-hybridized carbons (Fsp3) is 0.412. The molecule has 2 aromatic heterocycles. The van der Waals surface area contributed by atoms with Crippen LogP contribution in [0, 0.1) is 0 Å². The number of aryl methyl sites for hydroxylation is 1. The summed E-state index contributed by atoms with van der Waals surface area (Å²) < 4.78 is 41.4. The van der Waals surface area contributed by atoms with Gasteiger partial charge < -0.3 is 0 Å². The van der Waals surface area contributed by atoms with Crippen molar-refractivity contribution < 1.29 is 13.2 Å². The molecule has 1 aromatic carbocycles. The van der Waals surface area contributed by atoms with Crippen LogP contribution in [0.5, 0.6) is 0 Å². The molecule has 0 saturated heterocycles. The van der Waals surface area contributed by atoms with Gasteiger partial charge in [-0.05, 0) is 48.5 Å².